The maximum absolute atomic E-state index is 9.73. The highest BCUT2D eigenvalue weighted by Crippen LogP contribution is 2.28. The van der Waals surface area contributed by atoms with Crippen molar-refractivity contribution >= 4 is 0 Å². The van der Waals surface area contributed by atoms with Crippen molar-refractivity contribution in [1.29, 1.82) is 0 Å². The van der Waals surface area contributed by atoms with Gasteiger partial charge >= 0.3 is 0 Å². The van der Waals surface area contributed by atoms with Gasteiger partial charge in [0.25, 0.3) is 0 Å². The number of aliphatic hydroxyl groups excluding tert-OH is 2. The minimum atomic E-state index is -0.561. The molecule has 0 radical (unpaired) electrons. The van der Waals surface area contributed by atoms with Gasteiger partial charge in [0.2, 0.25) is 0 Å². The van der Waals surface area contributed by atoms with Gasteiger partial charge in [0.15, 0.2) is 11.5 Å². The third-order valence-electron chi connectivity index (χ3n) is 2.65. The summed E-state index contributed by atoms with van der Waals surface area (Å²) < 4.78 is 10.7. The zero-order valence-electron chi connectivity index (χ0n) is 11.6. The van der Waals surface area contributed by atoms with E-state index in [-0.39, 0.29) is 13.2 Å². The van der Waals surface area contributed by atoms with Crippen molar-refractivity contribution in [2.45, 2.75) is 26.1 Å². The monoisotopic (exact) mass is 269 g/mol. The zero-order chi connectivity index (χ0) is 14.1. The van der Waals surface area contributed by atoms with Gasteiger partial charge in [-0.2, -0.15) is 0 Å². The molecule has 0 aliphatic rings. The Morgan fingerprint density at radius 1 is 1.32 bits per heavy atom. The Morgan fingerprint density at radius 2 is 2.11 bits per heavy atom. The first-order valence-corrected chi connectivity index (χ1v) is 6.50. The van der Waals surface area contributed by atoms with Crippen molar-refractivity contribution < 1.29 is 19.7 Å². The predicted octanol–water partition coefficient (Wildman–Crippen LogP) is 0.927. The van der Waals surface area contributed by atoms with Crippen molar-refractivity contribution in [3.8, 4) is 11.5 Å². The standard InChI is InChI=1S/C14H23NO4/c1-3-6-15-8-12(17)10-19-13-5-4-11(9-16)7-14(13)18-2/h4-5,7,12,15-17H,3,6,8-10H2,1-2H3. The molecule has 0 bridgehead atoms. The fourth-order valence-electron chi connectivity index (χ4n) is 1.62. The van der Waals surface area contributed by atoms with Crippen LogP contribution in [0.25, 0.3) is 0 Å². The SMILES string of the molecule is CCCNCC(O)COc1ccc(CO)cc1OC. The normalized spacial score (nSPS) is 12.2. The highest BCUT2D eigenvalue weighted by atomic mass is 16.5. The molecule has 19 heavy (non-hydrogen) atoms. The molecule has 108 valence electrons. The summed E-state index contributed by atoms with van der Waals surface area (Å²) in [5.41, 5.74) is 0.759. The van der Waals surface area contributed by atoms with E-state index in [9.17, 15) is 5.11 Å². The molecule has 0 aromatic heterocycles. The number of rotatable bonds is 9. The summed E-state index contributed by atoms with van der Waals surface area (Å²) in [5, 5.41) is 21.9. The minimum absolute atomic E-state index is 0.0415. The maximum Gasteiger partial charge on any atom is 0.161 e. The number of nitrogens with one attached hydrogen (secondary N) is 1. The first kappa shape index (κ1) is 15.8. The van der Waals surface area contributed by atoms with Gasteiger partial charge < -0.3 is 25.0 Å². The zero-order valence-corrected chi connectivity index (χ0v) is 11.6. The fourth-order valence-corrected chi connectivity index (χ4v) is 1.62. The Morgan fingerprint density at radius 3 is 2.74 bits per heavy atom. The molecule has 0 amide bonds. The molecular formula is C14H23NO4. The molecule has 1 aromatic rings. The van der Waals surface area contributed by atoms with Crippen LogP contribution in [0, 0.1) is 0 Å². The lowest BCUT2D eigenvalue weighted by atomic mass is 10.2. The van der Waals surface area contributed by atoms with E-state index < -0.39 is 6.10 Å². The van der Waals surface area contributed by atoms with E-state index in [1.807, 2.05) is 0 Å². The van der Waals surface area contributed by atoms with E-state index in [0.29, 0.717) is 18.0 Å². The lowest BCUT2D eigenvalue weighted by molar-refractivity contribution is 0.105. The summed E-state index contributed by atoms with van der Waals surface area (Å²) in [4.78, 5) is 0. The van der Waals surface area contributed by atoms with Gasteiger partial charge in [0.1, 0.15) is 12.7 Å². The van der Waals surface area contributed by atoms with Crippen molar-refractivity contribution in [1.82, 2.24) is 5.32 Å². The van der Waals surface area contributed by atoms with Crippen LogP contribution in [0.5, 0.6) is 11.5 Å². The van der Waals surface area contributed by atoms with Crippen LogP contribution in [0.2, 0.25) is 0 Å². The van der Waals surface area contributed by atoms with Crippen LogP contribution in [0.1, 0.15) is 18.9 Å². The number of benzene rings is 1. The molecule has 3 N–H and O–H groups in total. The first-order valence-electron chi connectivity index (χ1n) is 6.50. The van der Waals surface area contributed by atoms with Gasteiger partial charge in [-0.15, -0.1) is 0 Å². The van der Waals surface area contributed by atoms with E-state index in [2.05, 4.69) is 12.2 Å². The van der Waals surface area contributed by atoms with Gasteiger partial charge in [-0.1, -0.05) is 13.0 Å². The van der Waals surface area contributed by atoms with Crippen LogP contribution in [-0.2, 0) is 6.61 Å². The molecule has 0 aliphatic heterocycles. The van der Waals surface area contributed by atoms with Crippen molar-refractivity contribution in [2.24, 2.45) is 0 Å². The molecule has 0 aliphatic carbocycles. The van der Waals surface area contributed by atoms with Gasteiger partial charge in [-0.25, -0.2) is 0 Å². The Labute approximate surface area is 114 Å². The number of hydrogen-bond donors (Lipinski definition) is 3. The number of ether oxygens (including phenoxy) is 2. The van der Waals surface area contributed by atoms with Crippen molar-refractivity contribution in [2.75, 3.05) is 26.8 Å². The second kappa shape index (κ2) is 8.74. The molecule has 0 spiro atoms. The van der Waals surface area contributed by atoms with Crippen molar-refractivity contribution in [3.05, 3.63) is 23.8 Å². The highest BCUT2D eigenvalue weighted by Gasteiger charge is 2.09. The molecule has 0 heterocycles. The second-order valence-electron chi connectivity index (χ2n) is 4.31. The third kappa shape index (κ3) is 5.46. The fraction of sp³-hybridized carbons (Fsp3) is 0.571. The van der Waals surface area contributed by atoms with Gasteiger partial charge in [-0.3, -0.25) is 0 Å². The second-order valence-corrected chi connectivity index (χ2v) is 4.31. The Balaban J connectivity index is 2.47. The number of aliphatic hydroxyl groups is 2. The van der Waals surface area contributed by atoms with E-state index in [1.165, 1.54) is 0 Å². The third-order valence-corrected chi connectivity index (χ3v) is 2.65. The van der Waals surface area contributed by atoms with E-state index in [1.54, 1.807) is 25.3 Å². The molecule has 0 saturated heterocycles. The molecule has 0 fully saturated rings. The minimum Gasteiger partial charge on any atom is -0.493 e. The van der Waals surface area contributed by atoms with Gasteiger partial charge in [-0.05, 0) is 30.7 Å². The van der Waals surface area contributed by atoms with Gasteiger partial charge in [0.05, 0.1) is 13.7 Å². The van der Waals surface area contributed by atoms with Gasteiger partial charge in [0, 0.05) is 6.54 Å². The van der Waals surface area contributed by atoms with E-state index in [4.69, 9.17) is 14.6 Å². The maximum atomic E-state index is 9.73. The largest absolute Gasteiger partial charge is 0.493 e. The molecule has 5 nitrogen and oxygen atoms in total. The van der Waals surface area contributed by atoms with E-state index >= 15 is 0 Å². The summed E-state index contributed by atoms with van der Waals surface area (Å²) in [5.74, 6) is 1.12. The van der Waals surface area contributed by atoms with Crippen LogP contribution < -0.4 is 14.8 Å². The molecule has 1 aromatic carbocycles. The van der Waals surface area contributed by atoms with Crippen LogP contribution in [0.3, 0.4) is 0 Å². The summed E-state index contributed by atoms with van der Waals surface area (Å²) in [6, 6.07) is 5.22. The highest BCUT2D eigenvalue weighted by molar-refractivity contribution is 5.42. The van der Waals surface area contributed by atoms with E-state index in [0.717, 1.165) is 18.5 Å². The molecule has 5 heteroatoms. The predicted molar refractivity (Wildman–Crippen MR) is 73.6 cm³/mol. The van der Waals surface area contributed by atoms with Crippen LogP contribution >= 0.6 is 0 Å². The lowest BCUT2D eigenvalue weighted by Crippen LogP contribution is -2.31. The first-order chi connectivity index (χ1) is 9.21. The Hall–Kier alpha value is -1.30. The quantitative estimate of drug-likeness (QED) is 0.582. The number of hydrogen-bond acceptors (Lipinski definition) is 5. The summed E-state index contributed by atoms with van der Waals surface area (Å²) in [6.45, 7) is 3.62. The van der Waals surface area contributed by atoms with Crippen molar-refractivity contribution in [3.63, 3.8) is 0 Å². The topological polar surface area (TPSA) is 71.0 Å². The Bertz CT molecular complexity index is 370. The smallest absolute Gasteiger partial charge is 0.161 e. The van der Waals surface area contributed by atoms with Crippen LogP contribution in [0.4, 0.5) is 0 Å². The summed E-state index contributed by atoms with van der Waals surface area (Å²) in [6.07, 6.45) is 0.470. The lowest BCUT2D eigenvalue weighted by Gasteiger charge is -2.15. The van der Waals surface area contributed by atoms with Crippen LogP contribution in [0.15, 0.2) is 18.2 Å². The summed E-state index contributed by atoms with van der Waals surface area (Å²) in [7, 11) is 1.54. The average Bonchev–Trinajstić information content (AvgIpc) is 2.45. The molecular weight excluding hydrogens is 246 g/mol. The molecule has 0 saturated carbocycles. The molecule has 1 atom stereocenters. The van der Waals surface area contributed by atoms with Crippen LogP contribution in [-0.4, -0.2) is 43.1 Å². The molecule has 1 rings (SSSR count). The summed E-state index contributed by atoms with van der Waals surface area (Å²) >= 11 is 0. The average molecular weight is 269 g/mol. The Kier molecular flexibility index (Phi) is 7.25. The molecule has 1 unspecified atom stereocenters. The number of methoxy groups -OCH3 is 1.